The van der Waals surface area contributed by atoms with Crippen molar-refractivity contribution in [3.8, 4) is 22.5 Å². The summed E-state index contributed by atoms with van der Waals surface area (Å²) in [6.07, 6.45) is 2.73. The van der Waals surface area contributed by atoms with E-state index in [9.17, 15) is 19.7 Å². The van der Waals surface area contributed by atoms with Crippen molar-refractivity contribution in [1.82, 2.24) is 5.32 Å². The van der Waals surface area contributed by atoms with Crippen LogP contribution in [0.4, 0.5) is 10.5 Å². The number of hydrogen-bond acceptors (Lipinski definition) is 6. The van der Waals surface area contributed by atoms with Gasteiger partial charge in [0.25, 0.3) is 5.69 Å². The first-order valence-corrected chi connectivity index (χ1v) is 13.9. The standard InChI is InChI=1S/C33H30N2O6/c36-32-30(22-9-5-2-6-10-22)27-17-15-25-26(29(25)20-40-33(37)34-19-21-7-3-1-4-8-21)16-18-28(27)31(41-32)23-11-13-24(14-12-23)35(38)39/h1-14,25-26,29H,15-20H2,(H,34,37)/t25-,26+,29+/m0/s1. The number of carbonyl (C=O) groups is 1. The molecule has 0 radical (unpaired) electrons. The Labute approximate surface area is 237 Å². The Bertz CT molecular complexity index is 1620. The molecule has 1 saturated carbocycles. The predicted octanol–water partition coefficient (Wildman–Crippen LogP) is 6.55. The number of nitrogens with one attached hydrogen (secondary N) is 1. The van der Waals surface area contributed by atoms with Gasteiger partial charge in [0.2, 0.25) is 0 Å². The molecule has 2 aliphatic rings. The Hall–Kier alpha value is -4.72. The number of ether oxygens (including phenoxy) is 1. The highest BCUT2D eigenvalue weighted by atomic mass is 16.6. The van der Waals surface area contributed by atoms with E-state index in [1.54, 1.807) is 12.1 Å². The molecule has 41 heavy (non-hydrogen) atoms. The number of non-ortho nitro benzene ring substituents is 1. The second-order valence-electron chi connectivity index (χ2n) is 10.7. The molecule has 1 N–H and O–H groups in total. The van der Waals surface area contributed by atoms with Gasteiger partial charge in [0.15, 0.2) is 0 Å². The van der Waals surface area contributed by atoms with Crippen LogP contribution in [-0.2, 0) is 24.1 Å². The van der Waals surface area contributed by atoms with Crippen molar-refractivity contribution in [1.29, 1.82) is 0 Å². The van der Waals surface area contributed by atoms with E-state index >= 15 is 0 Å². The number of rotatable bonds is 7. The maximum atomic E-state index is 13.4. The van der Waals surface area contributed by atoms with Gasteiger partial charge in [-0.25, -0.2) is 9.59 Å². The molecule has 1 amide bonds. The number of fused-ring (bicyclic) bond motifs is 2. The Balaban J connectivity index is 1.23. The molecule has 0 aliphatic heterocycles. The minimum atomic E-state index is -0.444. The molecule has 8 heteroatoms. The minimum absolute atomic E-state index is 0.0173. The van der Waals surface area contributed by atoms with Gasteiger partial charge < -0.3 is 14.5 Å². The second-order valence-corrected chi connectivity index (χ2v) is 10.7. The van der Waals surface area contributed by atoms with Crippen molar-refractivity contribution in [3.05, 3.63) is 122 Å². The molecule has 1 heterocycles. The lowest BCUT2D eigenvalue weighted by Gasteiger charge is -2.19. The van der Waals surface area contributed by atoms with Crippen molar-refractivity contribution < 1.29 is 18.9 Å². The van der Waals surface area contributed by atoms with Gasteiger partial charge in [-0.2, -0.15) is 0 Å². The fourth-order valence-corrected chi connectivity index (χ4v) is 6.26. The molecule has 0 unspecified atom stereocenters. The highest BCUT2D eigenvalue weighted by Crippen LogP contribution is 2.54. The molecule has 1 fully saturated rings. The topological polar surface area (TPSA) is 112 Å². The first kappa shape index (κ1) is 26.5. The van der Waals surface area contributed by atoms with E-state index in [1.165, 1.54) is 12.1 Å². The summed E-state index contributed by atoms with van der Waals surface area (Å²) in [6, 6.07) is 25.4. The highest BCUT2D eigenvalue weighted by molar-refractivity contribution is 5.73. The highest BCUT2D eigenvalue weighted by Gasteiger charge is 2.50. The van der Waals surface area contributed by atoms with Crippen LogP contribution in [0.5, 0.6) is 0 Å². The van der Waals surface area contributed by atoms with E-state index in [4.69, 9.17) is 9.15 Å². The maximum absolute atomic E-state index is 13.4. The van der Waals surface area contributed by atoms with E-state index in [2.05, 4.69) is 5.32 Å². The molecule has 0 bridgehead atoms. The molecule has 8 nitrogen and oxygen atoms in total. The third-order valence-corrected chi connectivity index (χ3v) is 8.39. The average molecular weight is 551 g/mol. The summed E-state index contributed by atoms with van der Waals surface area (Å²) in [5.41, 5.74) is 4.58. The van der Waals surface area contributed by atoms with E-state index in [0.717, 1.165) is 35.1 Å². The Morgan fingerprint density at radius 3 is 2.17 bits per heavy atom. The molecule has 208 valence electrons. The van der Waals surface area contributed by atoms with Crippen LogP contribution in [-0.4, -0.2) is 17.6 Å². The van der Waals surface area contributed by atoms with E-state index < -0.39 is 16.6 Å². The lowest BCUT2D eigenvalue weighted by Crippen LogP contribution is -2.24. The number of amides is 1. The molecule has 0 saturated heterocycles. The number of nitro groups is 1. The largest absolute Gasteiger partial charge is 0.449 e. The van der Waals surface area contributed by atoms with Crippen LogP contribution < -0.4 is 10.9 Å². The molecular formula is C33H30N2O6. The first-order valence-electron chi connectivity index (χ1n) is 13.9. The lowest BCUT2D eigenvalue weighted by molar-refractivity contribution is -0.384. The summed E-state index contributed by atoms with van der Waals surface area (Å²) in [7, 11) is 0. The number of benzene rings is 3. The van der Waals surface area contributed by atoms with Crippen LogP contribution in [0.25, 0.3) is 22.5 Å². The Morgan fingerprint density at radius 2 is 1.51 bits per heavy atom. The van der Waals surface area contributed by atoms with Crippen molar-refractivity contribution in [3.63, 3.8) is 0 Å². The lowest BCUT2D eigenvalue weighted by atomic mass is 9.87. The summed E-state index contributed by atoms with van der Waals surface area (Å²) in [4.78, 5) is 36.5. The summed E-state index contributed by atoms with van der Waals surface area (Å²) in [6.45, 7) is 0.783. The average Bonchev–Trinajstić information content (AvgIpc) is 3.66. The maximum Gasteiger partial charge on any atom is 0.407 e. The van der Waals surface area contributed by atoms with Crippen molar-refractivity contribution in [2.24, 2.45) is 17.8 Å². The molecule has 3 atom stereocenters. The van der Waals surface area contributed by atoms with Gasteiger partial charge in [-0.3, -0.25) is 10.1 Å². The van der Waals surface area contributed by atoms with Crippen LogP contribution >= 0.6 is 0 Å². The van der Waals surface area contributed by atoms with Gasteiger partial charge in [0.1, 0.15) is 5.76 Å². The molecule has 2 aliphatic carbocycles. The third-order valence-electron chi connectivity index (χ3n) is 8.39. The predicted molar refractivity (Wildman–Crippen MR) is 154 cm³/mol. The monoisotopic (exact) mass is 550 g/mol. The minimum Gasteiger partial charge on any atom is -0.449 e. The Kier molecular flexibility index (Phi) is 7.37. The van der Waals surface area contributed by atoms with E-state index in [0.29, 0.717) is 54.7 Å². The van der Waals surface area contributed by atoms with Gasteiger partial charge in [-0.15, -0.1) is 0 Å². The van der Waals surface area contributed by atoms with Crippen LogP contribution in [0.1, 0.15) is 29.5 Å². The van der Waals surface area contributed by atoms with Gasteiger partial charge in [-0.1, -0.05) is 60.7 Å². The van der Waals surface area contributed by atoms with Crippen LogP contribution in [0, 0.1) is 27.9 Å². The SMILES string of the molecule is O=C(NCc1ccccc1)OC[C@H]1[C@@H]2CCc3c(-c4ccc([N+](=O)[O-])cc4)oc(=O)c(-c4ccccc4)c3CC[C@@H]21. The number of nitrogens with zero attached hydrogens (tertiary/aromatic N) is 1. The summed E-state index contributed by atoms with van der Waals surface area (Å²) in [5, 5.41) is 14.0. The number of nitro benzene ring substituents is 1. The normalized spacial score (nSPS) is 19.2. The molecular weight excluding hydrogens is 520 g/mol. The molecule has 0 spiro atoms. The zero-order valence-electron chi connectivity index (χ0n) is 22.5. The van der Waals surface area contributed by atoms with E-state index in [1.807, 2.05) is 60.7 Å². The smallest absolute Gasteiger partial charge is 0.407 e. The summed E-state index contributed by atoms with van der Waals surface area (Å²) >= 11 is 0. The van der Waals surface area contributed by atoms with E-state index in [-0.39, 0.29) is 11.6 Å². The van der Waals surface area contributed by atoms with Gasteiger partial charge in [0, 0.05) is 24.2 Å². The zero-order valence-corrected chi connectivity index (χ0v) is 22.5. The fraction of sp³-hybridized carbons (Fsp3) is 0.273. The number of hydrogen-bond donors (Lipinski definition) is 1. The Morgan fingerprint density at radius 1 is 0.878 bits per heavy atom. The van der Waals surface area contributed by atoms with Crippen LogP contribution in [0.15, 0.2) is 94.1 Å². The van der Waals surface area contributed by atoms with Gasteiger partial charge in [0.05, 0.1) is 17.1 Å². The third kappa shape index (κ3) is 5.63. The zero-order chi connectivity index (χ0) is 28.3. The number of carbonyl (C=O) groups excluding carboxylic acids is 1. The van der Waals surface area contributed by atoms with Crippen LogP contribution in [0.3, 0.4) is 0 Å². The van der Waals surface area contributed by atoms with Crippen molar-refractivity contribution in [2.45, 2.75) is 32.2 Å². The van der Waals surface area contributed by atoms with Crippen molar-refractivity contribution >= 4 is 11.8 Å². The molecule has 1 aromatic heterocycles. The summed E-state index contributed by atoms with van der Waals surface area (Å²) < 4.78 is 11.6. The van der Waals surface area contributed by atoms with Crippen LogP contribution in [0.2, 0.25) is 0 Å². The number of alkyl carbamates (subject to hydrolysis) is 1. The first-order chi connectivity index (χ1) is 20.0. The van der Waals surface area contributed by atoms with Crippen molar-refractivity contribution in [2.75, 3.05) is 6.61 Å². The quantitative estimate of drug-likeness (QED) is 0.206. The summed E-state index contributed by atoms with van der Waals surface area (Å²) in [5.74, 6) is 1.59. The van der Waals surface area contributed by atoms with Gasteiger partial charge >= 0.3 is 11.7 Å². The fourth-order valence-electron chi connectivity index (χ4n) is 6.26. The second kappa shape index (κ2) is 11.4. The molecule has 3 aromatic carbocycles. The molecule has 6 rings (SSSR count). The molecule has 4 aromatic rings. The van der Waals surface area contributed by atoms with Gasteiger partial charge in [-0.05, 0) is 77.8 Å².